The summed E-state index contributed by atoms with van der Waals surface area (Å²) in [6, 6.07) is 9.97. The first-order valence-electron chi connectivity index (χ1n) is 7.55. The molecule has 1 aromatic rings. The zero-order valence-corrected chi connectivity index (χ0v) is 11.4. The Bertz CT molecular complexity index is 410. The van der Waals surface area contributed by atoms with E-state index >= 15 is 0 Å². The first-order chi connectivity index (χ1) is 9.34. The van der Waals surface area contributed by atoms with Crippen LogP contribution in [0.3, 0.4) is 0 Å². The van der Waals surface area contributed by atoms with Crippen LogP contribution >= 0.6 is 0 Å². The van der Waals surface area contributed by atoms with Gasteiger partial charge in [0.15, 0.2) is 0 Å². The van der Waals surface area contributed by atoms with Crippen molar-refractivity contribution in [1.29, 1.82) is 0 Å². The van der Waals surface area contributed by atoms with Crippen LogP contribution in [-0.4, -0.2) is 12.6 Å². The van der Waals surface area contributed by atoms with E-state index in [1.165, 1.54) is 38.5 Å². The third kappa shape index (κ3) is 2.85. The van der Waals surface area contributed by atoms with Gasteiger partial charge in [-0.05, 0) is 5.56 Å². The van der Waals surface area contributed by atoms with Crippen molar-refractivity contribution in [3.63, 3.8) is 0 Å². The van der Waals surface area contributed by atoms with Gasteiger partial charge in [0.25, 0.3) is 12.6 Å². The smallest absolute Gasteiger partial charge is 0.284 e. The summed E-state index contributed by atoms with van der Waals surface area (Å²) in [5.74, 6) is 1.24. The van der Waals surface area contributed by atoms with E-state index < -0.39 is 0 Å². The molecule has 2 aliphatic heterocycles. The highest BCUT2D eigenvalue weighted by Gasteiger charge is 2.45. The molecule has 0 N–H and O–H groups in total. The van der Waals surface area contributed by atoms with Gasteiger partial charge in [0.1, 0.15) is 6.61 Å². The average Bonchev–Trinajstić information content (AvgIpc) is 2.45. The molecule has 2 aliphatic rings. The molecular weight excluding hydrogens is 235 g/mol. The van der Waals surface area contributed by atoms with Crippen molar-refractivity contribution < 1.29 is 9.53 Å². The Hall–Kier alpha value is -1.25. The predicted molar refractivity (Wildman–Crippen MR) is 77.6 cm³/mol. The lowest BCUT2D eigenvalue weighted by Crippen LogP contribution is -2.41. The van der Waals surface area contributed by atoms with E-state index in [0.717, 1.165) is 5.56 Å². The van der Waals surface area contributed by atoms with Crippen molar-refractivity contribution in [3.05, 3.63) is 35.9 Å². The molecule has 2 saturated heterocycles. The second kappa shape index (κ2) is 5.81. The van der Waals surface area contributed by atoms with Gasteiger partial charge >= 0.3 is 0 Å². The van der Waals surface area contributed by atoms with Gasteiger partial charge in [-0.1, -0.05) is 80.5 Å². The molecule has 0 atom stereocenters. The number of hydrogen-bond acceptors (Lipinski definition) is 2. The molecule has 0 radical (unpaired) electrons. The summed E-state index contributed by atoms with van der Waals surface area (Å²) in [5, 5.41) is 0. The largest absolute Gasteiger partial charge is 0.469 e. The van der Waals surface area contributed by atoms with Gasteiger partial charge in [-0.25, -0.2) is 0 Å². The average molecular weight is 256 g/mol. The lowest BCUT2D eigenvalue weighted by molar-refractivity contribution is 0.162. The van der Waals surface area contributed by atoms with Crippen molar-refractivity contribution in [2.45, 2.75) is 56.8 Å². The van der Waals surface area contributed by atoms with Crippen LogP contribution in [0.1, 0.15) is 44.1 Å². The molecule has 2 fully saturated rings. The van der Waals surface area contributed by atoms with Gasteiger partial charge in [0, 0.05) is 0 Å². The molecular formula is C16H21BO2. The van der Waals surface area contributed by atoms with Gasteiger partial charge in [0.05, 0.1) is 0 Å². The Labute approximate surface area is 115 Å². The maximum atomic E-state index is 12.4. The summed E-state index contributed by atoms with van der Waals surface area (Å²) >= 11 is 0. The maximum absolute atomic E-state index is 12.4. The summed E-state index contributed by atoms with van der Waals surface area (Å²) in [7, 11) is 0. The van der Waals surface area contributed by atoms with Crippen molar-refractivity contribution in [3.8, 4) is 0 Å². The zero-order valence-electron chi connectivity index (χ0n) is 11.4. The van der Waals surface area contributed by atoms with Crippen molar-refractivity contribution >= 4 is 12.6 Å². The predicted octanol–water partition coefficient (Wildman–Crippen LogP) is 4.51. The molecule has 0 aliphatic carbocycles. The molecule has 3 rings (SSSR count). The Morgan fingerprint density at radius 2 is 1.63 bits per heavy atom. The molecule has 0 aromatic heterocycles. The molecule has 2 bridgehead atoms. The molecule has 3 heteroatoms. The monoisotopic (exact) mass is 256 g/mol. The van der Waals surface area contributed by atoms with E-state index in [4.69, 9.17) is 4.74 Å². The normalized spacial score (nSPS) is 26.0. The summed E-state index contributed by atoms with van der Waals surface area (Å²) in [5.41, 5.74) is 1.08. The molecule has 0 unspecified atom stereocenters. The molecule has 2 heterocycles. The minimum Gasteiger partial charge on any atom is -0.469 e. The third-order valence-electron chi connectivity index (χ3n) is 4.81. The summed E-state index contributed by atoms with van der Waals surface area (Å²) in [6.07, 6.45) is 7.50. The highest BCUT2D eigenvalue weighted by molar-refractivity contribution is 6.91. The number of rotatable bonds is 3. The van der Waals surface area contributed by atoms with Crippen molar-refractivity contribution in [2.75, 3.05) is 0 Å². The van der Waals surface area contributed by atoms with Crippen LogP contribution in [0.2, 0.25) is 11.6 Å². The maximum Gasteiger partial charge on any atom is 0.284 e. The van der Waals surface area contributed by atoms with Gasteiger partial charge < -0.3 is 4.74 Å². The first-order valence-corrected chi connectivity index (χ1v) is 7.55. The Balaban J connectivity index is 1.60. The molecule has 0 saturated carbocycles. The van der Waals surface area contributed by atoms with E-state index in [0.29, 0.717) is 18.2 Å². The van der Waals surface area contributed by atoms with E-state index in [2.05, 4.69) is 0 Å². The van der Waals surface area contributed by atoms with Crippen LogP contribution in [0, 0.1) is 0 Å². The first kappa shape index (κ1) is 12.8. The molecule has 0 amide bonds. The fraction of sp³-hybridized carbons (Fsp3) is 0.562. The number of benzene rings is 1. The van der Waals surface area contributed by atoms with E-state index in [-0.39, 0.29) is 12.6 Å². The van der Waals surface area contributed by atoms with Crippen LogP contribution < -0.4 is 0 Å². The summed E-state index contributed by atoms with van der Waals surface area (Å²) in [6.45, 7) is 0.613. The fourth-order valence-corrected chi connectivity index (χ4v) is 3.89. The number of fused-ring (bicyclic) bond motifs is 2. The second-order valence-electron chi connectivity index (χ2n) is 6.00. The molecule has 19 heavy (non-hydrogen) atoms. The zero-order chi connectivity index (χ0) is 13.1. The highest BCUT2D eigenvalue weighted by Crippen LogP contribution is 2.46. The number of carbonyl (C=O) groups excluding carboxylic acids is 1. The topological polar surface area (TPSA) is 26.3 Å². The number of carbonyl (C=O) groups is 1. The fourth-order valence-electron chi connectivity index (χ4n) is 3.89. The molecule has 100 valence electrons. The second-order valence-corrected chi connectivity index (χ2v) is 6.00. The number of hydrogen-bond donors (Lipinski definition) is 0. The summed E-state index contributed by atoms with van der Waals surface area (Å²) < 4.78 is 5.56. The van der Waals surface area contributed by atoms with Crippen molar-refractivity contribution in [2.24, 2.45) is 0 Å². The summed E-state index contributed by atoms with van der Waals surface area (Å²) in [4.78, 5) is 12.4. The third-order valence-corrected chi connectivity index (χ3v) is 4.81. The van der Waals surface area contributed by atoms with Crippen LogP contribution in [0.4, 0.5) is 4.79 Å². The minimum absolute atomic E-state index is 0.0539. The Kier molecular flexibility index (Phi) is 3.91. The SMILES string of the molecule is O=C(OCc1ccccc1)B1C2CCCC1CCC2. The lowest BCUT2D eigenvalue weighted by Gasteiger charge is -2.38. The van der Waals surface area contributed by atoms with Crippen LogP contribution in [-0.2, 0) is 11.3 Å². The standard InChI is InChI=1S/C16H21BO2/c18-16(19-12-13-6-2-1-3-7-13)17-14-8-4-9-15(17)11-5-10-14/h1-3,6-7,14-15H,4-5,8-12H2. The van der Waals surface area contributed by atoms with Gasteiger partial charge in [-0.2, -0.15) is 0 Å². The van der Waals surface area contributed by atoms with E-state index in [1.807, 2.05) is 30.3 Å². The number of ether oxygens (including phenoxy) is 1. The molecule has 2 nitrogen and oxygen atoms in total. The van der Waals surface area contributed by atoms with Gasteiger partial charge in [-0.15, -0.1) is 0 Å². The van der Waals surface area contributed by atoms with Crippen molar-refractivity contribution in [1.82, 2.24) is 0 Å². The minimum atomic E-state index is 0.0539. The quantitative estimate of drug-likeness (QED) is 0.744. The lowest BCUT2D eigenvalue weighted by atomic mass is 9.27. The Morgan fingerprint density at radius 1 is 1.05 bits per heavy atom. The van der Waals surface area contributed by atoms with E-state index in [1.54, 1.807) is 0 Å². The van der Waals surface area contributed by atoms with Gasteiger partial charge in [-0.3, -0.25) is 4.79 Å². The highest BCUT2D eigenvalue weighted by atomic mass is 16.5. The van der Waals surface area contributed by atoms with Crippen LogP contribution in [0.25, 0.3) is 0 Å². The van der Waals surface area contributed by atoms with Crippen LogP contribution in [0.15, 0.2) is 30.3 Å². The molecule has 0 spiro atoms. The Morgan fingerprint density at radius 3 is 2.21 bits per heavy atom. The molecule has 1 aromatic carbocycles. The van der Waals surface area contributed by atoms with Gasteiger partial charge in [0.2, 0.25) is 0 Å². The van der Waals surface area contributed by atoms with Crippen LogP contribution in [0.5, 0.6) is 0 Å². The van der Waals surface area contributed by atoms with E-state index in [9.17, 15) is 4.79 Å².